The van der Waals surface area contributed by atoms with Crippen LogP contribution in [0.4, 0.5) is 5.82 Å². The number of hydrogen-bond acceptors (Lipinski definition) is 3. The zero-order chi connectivity index (χ0) is 13.0. The Bertz CT molecular complexity index is 493. The van der Waals surface area contributed by atoms with E-state index >= 15 is 0 Å². The molecule has 0 fully saturated rings. The van der Waals surface area contributed by atoms with Gasteiger partial charge in [-0.05, 0) is 30.5 Å². The van der Waals surface area contributed by atoms with Crippen molar-refractivity contribution in [2.75, 3.05) is 18.5 Å². The van der Waals surface area contributed by atoms with Gasteiger partial charge in [0.25, 0.3) is 0 Å². The fourth-order valence-corrected chi connectivity index (χ4v) is 1.99. The van der Waals surface area contributed by atoms with Gasteiger partial charge in [-0.25, -0.2) is 9.97 Å². The number of nitrogens with zero attached hydrogens (tertiary/aromatic N) is 3. The Balaban J connectivity index is 2.01. The van der Waals surface area contributed by atoms with E-state index in [-0.39, 0.29) is 0 Å². The van der Waals surface area contributed by atoms with Crippen LogP contribution in [0.5, 0.6) is 0 Å². The summed E-state index contributed by atoms with van der Waals surface area (Å²) in [5.74, 6) is 0.864. The van der Waals surface area contributed by atoms with Crippen LogP contribution < -0.4 is 4.90 Å². The maximum absolute atomic E-state index is 5.86. The first-order valence-corrected chi connectivity index (χ1v) is 6.29. The van der Waals surface area contributed by atoms with Crippen molar-refractivity contribution < 1.29 is 0 Å². The molecule has 2 aromatic rings. The minimum absolute atomic E-state index is 0.302. The second kappa shape index (κ2) is 5.83. The molecular weight excluding hydrogens is 246 g/mol. The number of halogens is 1. The molecule has 1 aromatic heterocycles. The predicted octanol–water partition coefficient (Wildman–Crippen LogP) is 3.12. The van der Waals surface area contributed by atoms with Crippen molar-refractivity contribution in [1.82, 2.24) is 9.97 Å². The molecule has 0 aliphatic carbocycles. The number of hydrogen-bond donors (Lipinski definition) is 0. The summed E-state index contributed by atoms with van der Waals surface area (Å²) in [7, 11) is 2.01. The molecule has 0 spiro atoms. The van der Waals surface area contributed by atoms with Crippen LogP contribution in [-0.2, 0) is 6.42 Å². The minimum Gasteiger partial charge on any atom is -0.359 e. The van der Waals surface area contributed by atoms with Crippen LogP contribution in [0.15, 0.2) is 36.4 Å². The first kappa shape index (κ1) is 12.8. The van der Waals surface area contributed by atoms with Crippen molar-refractivity contribution in [3.05, 3.63) is 52.9 Å². The number of benzene rings is 1. The maximum atomic E-state index is 5.86. The second-order valence-corrected chi connectivity index (χ2v) is 4.63. The molecule has 1 aromatic carbocycles. The van der Waals surface area contributed by atoms with E-state index in [1.807, 2.05) is 26.1 Å². The highest BCUT2D eigenvalue weighted by molar-refractivity contribution is 6.28. The third-order valence-corrected chi connectivity index (χ3v) is 2.95. The Morgan fingerprint density at radius 3 is 2.56 bits per heavy atom. The van der Waals surface area contributed by atoms with E-state index in [1.54, 1.807) is 0 Å². The highest BCUT2D eigenvalue weighted by atomic mass is 35.5. The molecule has 0 N–H and O–H groups in total. The second-order valence-electron chi connectivity index (χ2n) is 4.29. The Kier molecular flexibility index (Phi) is 4.15. The Hall–Kier alpha value is -1.61. The van der Waals surface area contributed by atoms with E-state index in [0.29, 0.717) is 5.28 Å². The zero-order valence-electron chi connectivity index (χ0n) is 10.6. The quantitative estimate of drug-likeness (QED) is 0.792. The van der Waals surface area contributed by atoms with Crippen LogP contribution >= 0.6 is 11.6 Å². The standard InChI is InChI=1S/C14H16ClN3/c1-11-10-13(17-14(15)16-11)18(2)9-8-12-6-4-3-5-7-12/h3-7,10H,8-9H2,1-2H3. The largest absolute Gasteiger partial charge is 0.359 e. The van der Waals surface area contributed by atoms with Gasteiger partial charge in [0, 0.05) is 25.4 Å². The van der Waals surface area contributed by atoms with Gasteiger partial charge in [0.15, 0.2) is 0 Å². The number of likely N-dealkylation sites (N-methyl/N-ethyl adjacent to an activating group) is 1. The lowest BCUT2D eigenvalue weighted by molar-refractivity contribution is 0.853. The molecule has 0 saturated carbocycles. The van der Waals surface area contributed by atoms with E-state index in [9.17, 15) is 0 Å². The van der Waals surface area contributed by atoms with Gasteiger partial charge < -0.3 is 4.90 Å². The third-order valence-electron chi connectivity index (χ3n) is 2.78. The molecule has 18 heavy (non-hydrogen) atoms. The number of aromatic nitrogens is 2. The molecule has 0 aliphatic rings. The molecule has 0 unspecified atom stereocenters. The fourth-order valence-electron chi connectivity index (χ4n) is 1.77. The first-order valence-electron chi connectivity index (χ1n) is 5.91. The lowest BCUT2D eigenvalue weighted by Gasteiger charge is -2.18. The van der Waals surface area contributed by atoms with E-state index in [2.05, 4.69) is 39.1 Å². The molecule has 4 heteroatoms. The maximum Gasteiger partial charge on any atom is 0.224 e. The highest BCUT2D eigenvalue weighted by Gasteiger charge is 2.05. The summed E-state index contributed by atoms with van der Waals surface area (Å²) >= 11 is 5.86. The summed E-state index contributed by atoms with van der Waals surface area (Å²) in [4.78, 5) is 10.4. The molecule has 0 bridgehead atoms. The van der Waals surface area contributed by atoms with Crippen LogP contribution in [0.25, 0.3) is 0 Å². The van der Waals surface area contributed by atoms with Gasteiger partial charge in [-0.15, -0.1) is 0 Å². The van der Waals surface area contributed by atoms with Gasteiger partial charge in [-0.3, -0.25) is 0 Å². The van der Waals surface area contributed by atoms with Crippen molar-refractivity contribution in [3.63, 3.8) is 0 Å². The average molecular weight is 262 g/mol. The Labute approximate surface area is 112 Å². The molecule has 0 saturated heterocycles. The number of anilines is 1. The molecule has 94 valence electrons. The van der Waals surface area contributed by atoms with E-state index in [1.165, 1.54) is 5.56 Å². The van der Waals surface area contributed by atoms with Crippen LogP contribution in [0.1, 0.15) is 11.3 Å². The summed E-state index contributed by atoms with van der Waals surface area (Å²) in [6.45, 7) is 2.82. The van der Waals surface area contributed by atoms with Crippen molar-refractivity contribution in [2.24, 2.45) is 0 Å². The molecule has 0 radical (unpaired) electrons. The first-order chi connectivity index (χ1) is 8.65. The van der Waals surface area contributed by atoms with Crippen molar-refractivity contribution in [3.8, 4) is 0 Å². The lowest BCUT2D eigenvalue weighted by atomic mass is 10.1. The molecule has 2 rings (SSSR count). The third kappa shape index (κ3) is 3.44. The van der Waals surface area contributed by atoms with Gasteiger partial charge in [0.05, 0.1) is 0 Å². The fraction of sp³-hybridized carbons (Fsp3) is 0.286. The summed E-state index contributed by atoms with van der Waals surface area (Å²) in [6, 6.07) is 12.3. The molecule has 0 amide bonds. The van der Waals surface area contributed by atoms with E-state index in [4.69, 9.17) is 11.6 Å². The molecular formula is C14H16ClN3. The average Bonchev–Trinajstić information content (AvgIpc) is 2.36. The van der Waals surface area contributed by atoms with Crippen LogP contribution in [0, 0.1) is 6.92 Å². The van der Waals surface area contributed by atoms with Gasteiger partial charge >= 0.3 is 0 Å². The van der Waals surface area contributed by atoms with Gasteiger partial charge in [-0.2, -0.15) is 0 Å². The monoisotopic (exact) mass is 261 g/mol. The summed E-state index contributed by atoms with van der Waals surface area (Å²) in [5.41, 5.74) is 2.21. The number of aryl methyl sites for hydroxylation is 1. The number of rotatable bonds is 4. The topological polar surface area (TPSA) is 29.0 Å². The van der Waals surface area contributed by atoms with Gasteiger partial charge in [-0.1, -0.05) is 30.3 Å². The van der Waals surface area contributed by atoms with Crippen LogP contribution in [0.2, 0.25) is 5.28 Å². The van der Waals surface area contributed by atoms with Crippen molar-refractivity contribution in [1.29, 1.82) is 0 Å². The Morgan fingerprint density at radius 2 is 1.89 bits per heavy atom. The molecule has 0 aliphatic heterocycles. The van der Waals surface area contributed by atoms with Crippen molar-refractivity contribution >= 4 is 17.4 Å². The van der Waals surface area contributed by atoms with E-state index in [0.717, 1.165) is 24.5 Å². The van der Waals surface area contributed by atoms with E-state index < -0.39 is 0 Å². The minimum atomic E-state index is 0.302. The molecule has 3 nitrogen and oxygen atoms in total. The van der Waals surface area contributed by atoms with Crippen LogP contribution in [0.3, 0.4) is 0 Å². The SMILES string of the molecule is Cc1cc(N(C)CCc2ccccc2)nc(Cl)n1. The Morgan fingerprint density at radius 1 is 1.17 bits per heavy atom. The predicted molar refractivity (Wildman–Crippen MR) is 75.2 cm³/mol. The van der Waals surface area contributed by atoms with Crippen molar-refractivity contribution in [2.45, 2.75) is 13.3 Å². The van der Waals surface area contributed by atoms with Crippen LogP contribution in [-0.4, -0.2) is 23.6 Å². The smallest absolute Gasteiger partial charge is 0.224 e. The molecule has 1 heterocycles. The molecule has 0 atom stereocenters. The van der Waals surface area contributed by atoms with Gasteiger partial charge in [0.2, 0.25) is 5.28 Å². The zero-order valence-corrected chi connectivity index (χ0v) is 11.4. The highest BCUT2D eigenvalue weighted by Crippen LogP contribution is 2.14. The normalized spacial score (nSPS) is 10.4. The summed E-state index contributed by atoms with van der Waals surface area (Å²) in [6.07, 6.45) is 0.984. The summed E-state index contributed by atoms with van der Waals surface area (Å²) < 4.78 is 0. The van der Waals surface area contributed by atoms with Gasteiger partial charge in [0.1, 0.15) is 5.82 Å². The lowest BCUT2D eigenvalue weighted by Crippen LogP contribution is -2.21. The summed E-state index contributed by atoms with van der Waals surface area (Å²) in [5, 5.41) is 0.302.